The largest absolute Gasteiger partial charge is 0.342 e. The number of amides is 2. The minimum atomic E-state index is -1.01. The summed E-state index contributed by atoms with van der Waals surface area (Å²) in [6.45, 7) is 8.69. The number of para-hydroxylation sites is 1. The number of rotatable bonds is 4. The predicted molar refractivity (Wildman–Crippen MR) is 105 cm³/mol. The van der Waals surface area contributed by atoms with E-state index in [0.717, 1.165) is 0 Å². The van der Waals surface area contributed by atoms with Gasteiger partial charge in [-0.2, -0.15) is 0 Å². The van der Waals surface area contributed by atoms with Crippen molar-refractivity contribution in [3.05, 3.63) is 30.3 Å². The highest BCUT2D eigenvalue weighted by Crippen LogP contribution is 2.44. The van der Waals surface area contributed by atoms with Crippen molar-refractivity contribution in [2.45, 2.75) is 82.9 Å². The van der Waals surface area contributed by atoms with Crippen LogP contribution in [0.2, 0.25) is 0 Å². The van der Waals surface area contributed by atoms with Crippen LogP contribution in [0.3, 0.4) is 0 Å². The average Bonchev–Trinajstić information content (AvgIpc) is 3.15. The lowest BCUT2D eigenvalue weighted by molar-refractivity contribution is -0.231. The van der Waals surface area contributed by atoms with Gasteiger partial charge in [-0.3, -0.25) is 9.59 Å². The summed E-state index contributed by atoms with van der Waals surface area (Å²) in [4.78, 5) is 25.5. The lowest BCUT2D eigenvalue weighted by Crippen LogP contribution is -2.60. The number of hydrogen-bond donors (Lipinski definition) is 2. The third-order valence-electron chi connectivity index (χ3n) is 5.21. The van der Waals surface area contributed by atoms with Gasteiger partial charge in [0, 0.05) is 5.69 Å². The summed E-state index contributed by atoms with van der Waals surface area (Å²) in [6, 6.07) is 8.24. The average molecular weight is 420 g/mol. The number of carbonyl (C=O) groups is 2. The van der Waals surface area contributed by atoms with Gasteiger partial charge < -0.3 is 34.3 Å². The molecule has 6 atom stereocenters. The molecular weight excluding hydrogens is 392 g/mol. The van der Waals surface area contributed by atoms with Crippen LogP contribution < -0.4 is 10.6 Å². The smallest absolute Gasteiger partial charge is 0.252 e. The molecule has 0 radical (unpaired) electrons. The molecule has 4 rings (SSSR count). The highest BCUT2D eigenvalue weighted by Gasteiger charge is 2.62. The van der Waals surface area contributed by atoms with Crippen molar-refractivity contribution >= 4 is 17.5 Å². The molecule has 2 N–H and O–H groups in total. The molecule has 3 fully saturated rings. The van der Waals surface area contributed by atoms with Gasteiger partial charge in [-0.05, 0) is 46.8 Å². The Kier molecular flexibility index (Phi) is 5.36. The van der Waals surface area contributed by atoms with E-state index in [2.05, 4.69) is 10.6 Å². The molecule has 0 aromatic heterocycles. The summed E-state index contributed by atoms with van der Waals surface area (Å²) >= 11 is 0. The van der Waals surface area contributed by atoms with Crippen molar-refractivity contribution in [3.8, 4) is 0 Å². The van der Waals surface area contributed by atoms with Gasteiger partial charge in [0.15, 0.2) is 24.0 Å². The molecule has 9 heteroatoms. The number of anilines is 1. The molecule has 30 heavy (non-hydrogen) atoms. The molecule has 3 heterocycles. The summed E-state index contributed by atoms with van der Waals surface area (Å²) in [5, 5.41) is 5.46. The maximum Gasteiger partial charge on any atom is 0.252 e. The van der Waals surface area contributed by atoms with Gasteiger partial charge in [-0.25, -0.2) is 0 Å². The maximum absolute atomic E-state index is 13.0. The van der Waals surface area contributed by atoms with Crippen LogP contribution in [-0.4, -0.2) is 60.1 Å². The summed E-state index contributed by atoms with van der Waals surface area (Å²) < 4.78 is 29.6. The van der Waals surface area contributed by atoms with Crippen molar-refractivity contribution in [3.63, 3.8) is 0 Å². The molecule has 3 aliphatic rings. The lowest BCUT2D eigenvalue weighted by atomic mass is 9.98. The van der Waals surface area contributed by atoms with Crippen LogP contribution in [0.4, 0.5) is 5.69 Å². The molecule has 1 aromatic carbocycles. The second-order valence-electron chi connectivity index (χ2n) is 8.68. The van der Waals surface area contributed by atoms with Crippen LogP contribution in [0.25, 0.3) is 0 Å². The third kappa shape index (κ3) is 4.21. The molecule has 3 aliphatic heterocycles. The monoisotopic (exact) mass is 420 g/mol. The van der Waals surface area contributed by atoms with E-state index < -0.39 is 54.2 Å². The molecule has 3 saturated heterocycles. The highest BCUT2D eigenvalue weighted by atomic mass is 16.9. The van der Waals surface area contributed by atoms with Gasteiger partial charge in [0.05, 0.1) is 0 Å². The molecular formula is C21H28N2O7. The van der Waals surface area contributed by atoms with E-state index in [1.807, 2.05) is 18.2 Å². The number of benzene rings is 1. The van der Waals surface area contributed by atoms with E-state index in [9.17, 15) is 9.59 Å². The second-order valence-corrected chi connectivity index (χ2v) is 8.68. The fourth-order valence-corrected chi connectivity index (χ4v) is 3.96. The predicted octanol–water partition coefficient (Wildman–Crippen LogP) is 1.53. The second kappa shape index (κ2) is 7.58. The fourth-order valence-electron chi connectivity index (χ4n) is 3.96. The summed E-state index contributed by atoms with van der Waals surface area (Å²) in [7, 11) is 0. The van der Waals surface area contributed by atoms with Gasteiger partial charge in [0.1, 0.15) is 24.4 Å². The van der Waals surface area contributed by atoms with Crippen molar-refractivity contribution < 1.29 is 33.3 Å². The first-order chi connectivity index (χ1) is 14.0. The Balaban J connectivity index is 1.45. The molecule has 9 nitrogen and oxygen atoms in total. The van der Waals surface area contributed by atoms with Crippen LogP contribution >= 0.6 is 0 Å². The van der Waals surface area contributed by atoms with Crippen LogP contribution in [-0.2, 0) is 33.3 Å². The molecule has 2 amide bonds. The summed E-state index contributed by atoms with van der Waals surface area (Å²) in [5.74, 6) is -2.60. The SMILES string of the molecule is CC(NC(=O)C1OC2OC(C)(C)OC2C2OC(C)(C)OC12)C(=O)Nc1ccccc1. The standard InChI is InChI=1S/C21H28N2O7/c1-11(17(24)23-12-9-7-6-8-10-12)22-18(25)15-13-14(28-20(2,3)27-13)16-19(26-15)30-21(4,5)29-16/h6-11,13-16,19H,1-5H3,(H,22,25)(H,23,24). The number of nitrogens with one attached hydrogen (secondary N) is 2. The fraction of sp³-hybridized carbons (Fsp3) is 0.619. The maximum atomic E-state index is 13.0. The van der Waals surface area contributed by atoms with Crippen molar-refractivity contribution in [1.82, 2.24) is 5.32 Å². The zero-order chi connectivity index (χ0) is 21.7. The number of hydrogen-bond acceptors (Lipinski definition) is 7. The molecule has 0 aliphatic carbocycles. The van der Waals surface area contributed by atoms with Crippen LogP contribution in [0.5, 0.6) is 0 Å². The van der Waals surface area contributed by atoms with Gasteiger partial charge >= 0.3 is 0 Å². The van der Waals surface area contributed by atoms with E-state index in [4.69, 9.17) is 23.7 Å². The topological polar surface area (TPSA) is 104 Å². The number of carbonyl (C=O) groups excluding carboxylic acids is 2. The van der Waals surface area contributed by atoms with Gasteiger partial charge in [-0.1, -0.05) is 18.2 Å². The highest BCUT2D eigenvalue weighted by molar-refractivity contribution is 5.97. The Labute approximate surface area is 175 Å². The van der Waals surface area contributed by atoms with E-state index in [-0.39, 0.29) is 5.91 Å². The third-order valence-corrected chi connectivity index (χ3v) is 5.21. The van der Waals surface area contributed by atoms with Crippen LogP contribution in [0.15, 0.2) is 30.3 Å². The van der Waals surface area contributed by atoms with Gasteiger partial charge in [0.25, 0.3) is 5.91 Å². The normalized spacial score (nSPS) is 34.5. The Morgan fingerprint density at radius 2 is 1.50 bits per heavy atom. The molecule has 0 spiro atoms. The quantitative estimate of drug-likeness (QED) is 0.761. The zero-order valence-electron chi connectivity index (χ0n) is 17.7. The Bertz CT molecular complexity index is 813. The number of ether oxygens (including phenoxy) is 5. The zero-order valence-corrected chi connectivity index (χ0v) is 17.7. The Hall–Kier alpha value is -2.04. The first-order valence-corrected chi connectivity index (χ1v) is 10.1. The molecule has 164 valence electrons. The van der Waals surface area contributed by atoms with E-state index in [0.29, 0.717) is 5.69 Å². The van der Waals surface area contributed by atoms with Crippen molar-refractivity contribution in [2.75, 3.05) is 5.32 Å². The van der Waals surface area contributed by atoms with Crippen LogP contribution in [0, 0.1) is 0 Å². The minimum Gasteiger partial charge on any atom is -0.342 e. The van der Waals surface area contributed by atoms with Gasteiger partial charge in [-0.15, -0.1) is 0 Å². The molecule has 1 aromatic rings. The van der Waals surface area contributed by atoms with Gasteiger partial charge in [0.2, 0.25) is 5.91 Å². The van der Waals surface area contributed by atoms with Crippen LogP contribution in [0.1, 0.15) is 34.6 Å². The van der Waals surface area contributed by atoms with E-state index >= 15 is 0 Å². The van der Waals surface area contributed by atoms with E-state index in [1.54, 1.807) is 46.8 Å². The molecule has 6 unspecified atom stereocenters. The van der Waals surface area contributed by atoms with E-state index in [1.165, 1.54) is 0 Å². The first kappa shape index (κ1) is 21.2. The summed E-state index contributed by atoms with van der Waals surface area (Å²) in [6.07, 6.45) is -3.53. The lowest BCUT2D eigenvalue weighted by Gasteiger charge is -2.36. The molecule has 0 saturated carbocycles. The summed E-state index contributed by atoms with van der Waals surface area (Å²) in [5.41, 5.74) is 0.647. The number of fused-ring (bicyclic) bond motifs is 3. The Morgan fingerprint density at radius 1 is 0.900 bits per heavy atom. The Morgan fingerprint density at radius 3 is 2.20 bits per heavy atom. The minimum absolute atomic E-state index is 0.342. The first-order valence-electron chi connectivity index (χ1n) is 10.1. The van der Waals surface area contributed by atoms with Crippen molar-refractivity contribution in [2.24, 2.45) is 0 Å². The van der Waals surface area contributed by atoms with Crippen molar-refractivity contribution in [1.29, 1.82) is 0 Å². The molecule has 0 bridgehead atoms.